The lowest BCUT2D eigenvalue weighted by Gasteiger charge is -1.99. The van der Waals surface area contributed by atoms with Crippen LogP contribution in [-0.4, -0.2) is 47.8 Å². The maximum absolute atomic E-state index is 11.2. The van der Waals surface area contributed by atoms with E-state index >= 15 is 0 Å². The summed E-state index contributed by atoms with van der Waals surface area (Å²) in [6.45, 7) is 0. The van der Waals surface area contributed by atoms with Gasteiger partial charge in [-0.15, -0.1) is 15.7 Å². The summed E-state index contributed by atoms with van der Waals surface area (Å²) >= 11 is 2.86. The molecule has 0 fully saturated rings. The van der Waals surface area contributed by atoms with Gasteiger partial charge in [0.1, 0.15) is 5.84 Å². The van der Waals surface area contributed by atoms with Gasteiger partial charge in [0, 0.05) is 34.9 Å². The molecule has 1 aromatic carbocycles. The van der Waals surface area contributed by atoms with E-state index in [9.17, 15) is 18.0 Å². The monoisotopic (exact) mass is 513 g/mol. The topological polar surface area (TPSA) is 230 Å². The van der Waals surface area contributed by atoms with Crippen LogP contribution in [0.3, 0.4) is 0 Å². The molecular weight excluding hydrogens is 490 g/mol. The SMILES string of the molecule is NC(N)=Nc1nc(CSCCC(N)=NS(N)(=O)=O)cs1.O=C(O)C=CC(=O)c1ccccc1. The Balaban J connectivity index is 0.000000361. The number of carbonyl (C=O) groups is 2. The van der Waals surface area contributed by atoms with Crippen molar-refractivity contribution in [2.75, 3.05) is 5.75 Å². The van der Waals surface area contributed by atoms with Crippen molar-refractivity contribution >= 4 is 62.0 Å². The van der Waals surface area contributed by atoms with Gasteiger partial charge >= 0.3 is 16.2 Å². The number of thioether (sulfide) groups is 1. The number of guanidine groups is 1. The molecule has 9 N–H and O–H groups in total. The molecule has 12 nitrogen and oxygen atoms in total. The van der Waals surface area contributed by atoms with Gasteiger partial charge in [0.05, 0.1) is 5.69 Å². The highest BCUT2D eigenvalue weighted by molar-refractivity contribution is 7.98. The number of hydrogen-bond donors (Lipinski definition) is 5. The standard InChI is InChI=1S/C10H8O3.C8H15N7O2S3/c11-9(6-7-10(12)13)8-4-2-1-3-5-8;9-6(15-20(12,16)17)1-2-18-3-5-4-19-8(13-5)14-7(10)11/h1-7H,(H,12,13);4H,1-3H2,(H2,9,15)(H2,12,16,17)(H4,10,11,13,14). The molecule has 1 heterocycles. The van der Waals surface area contributed by atoms with E-state index in [1.54, 1.807) is 30.3 Å². The lowest BCUT2D eigenvalue weighted by molar-refractivity contribution is -0.131. The molecule has 0 saturated heterocycles. The van der Waals surface area contributed by atoms with Crippen molar-refractivity contribution in [3.05, 3.63) is 59.1 Å². The summed E-state index contributed by atoms with van der Waals surface area (Å²) in [5, 5.41) is 15.3. The quantitative estimate of drug-likeness (QED) is 0.0982. The minimum absolute atomic E-state index is 0.0144. The zero-order chi connectivity index (χ0) is 24.9. The van der Waals surface area contributed by atoms with E-state index in [1.807, 2.05) is 5.38 Å². The van der Waals surface area contributed by atoms with Crippen molar-refractivity contribution in [2.24, 2.45) is 31.7 Å². The van der Waals surface area contributed by atoms with E-state index in [1.165, 1.54) is 23.1 Å². The highest BCUT2D eigenvalue weighted by Crippen LogP contribution is 2.21. The summed E-state index contributed by atoms with van der Waals surface area (Å²) in [6, 6.07) is 8.50. The second-order valence-corrected chi connectivity index (χ2v) is 9.11. The lowest BCUT2D eigenvalue weighted by Crippen LogP contribution is -2.21. The molecular formula is C18H23N7O5S3. The average Bonchev–Trinajstić information content (AvgIpc) is 3.15. The van der Waals surface area contributed by atoms with Crippen LogP contribution in [-0.2, 0) is 20.8 Å². The third-order valence-electron chi connectivity index (χ3n) is 3.20. The maximum Gasteiger partial charge on any atom is 0.328 e. The summed E-state index contributed by atoms with van der Waals surface area (Å²) in [5.74, 6) is -0.239. The molecule has 0 saturated carbocycles. The molecule has 0 radical (unpaired) electrons. The van der Waals surface area contributed by atoms with Crippen molar-refractivity contribution in [2.45, 2.75) is 12.2 Å². The predicted molar refractivity (Wildman–Crippen MR) is 131 cm³/mol. The van der Waals surface area contributed by atoms with Gasteiger partial charge in [-0.05, 0) is 6.08 Å². The van der Waals surface area contributed by atoms with Gasteiger partial charge in [0.25, 0.3) is 0 Å². The first-order chi connectivity index (χ1) is 15.5. The third kappa shape index (κ3) is 13.7. The molecule has 0 aliphatic heterocycles. The third-order valence-corrected chi connectivity index (χ3v) is 5.46. The molecule has 0 atom stereocenters. The molecule has 0 aliphatic rings. The lowest BCUT2D eigenvalue weighted by atomic mass is 10.1. The van der Waals surface area contributed by atoms with Crippen molar-refractivity contribution < 1.29 is 23.1 Å². The van der Waals surface area contributed by atoms with Crippen LogP contribution < -0.4 is 22.3 Å². The molecule has 33 heavy (non-hydrogen) atoms. The number of allylic oxidation sites excluding steroid dienone is 1. The number of benzene rings is 1. The molecule has 15 heteroatoms. The summed E-state index contributed by atoms with van der Waals surface area (Å²) in [7, 11) is -3.92. The normalized spacial score (nSPS) is 11.5. The molecule has 0 amide bonds. The second-order valence-electron chi connectivity index (χ2n) is 5.96. The highest BCUT2D eigenvalue weighted by Gasteiger charge is 2.04. The molecule has 0 spiro atoms. The van der Waals surface area contributed by atoms with Crippen LogP contribution in [0.5, 0.6) is 0 Å². The average molecular weight is 514 g/mol. The Bertz CT molecular complexity index is 1130. The Morgan fingerprint density at radius 2 is 1.82 bits per heavy atom. The van der Waals surface area contributed by atoms with Gasteiger partial charge in [-0.2, -0.15) is 25.2 Å². The molecule has 1 aromatic heterocycles. The highest BCUT2D eigenvalue weighted by atomic mass is 32.2. The van der Waals surface area contributed by atoms with Crippen LogP contribution in [0.15, 0.2) is 57.3 Å². The zero-order valence-corrected chi connectivity index (χ0v) is 19.6. The fourth-order valence-electron chi connectivity index (χ4n) is 1.93. The van der Waals surface area contributed by atoms with E-state index in [4.69, 9.17) is 27.4 Å². The number of ketones is 1. The fraction of sp³-hybridized carbons (Fsp3) is 0.167. The number of aromatic nitrogens is 1. The largest absolute Gasteiger partial charge is 0.478 e. The van der Waals surface area contributed by atoms with E-state index in [0.29, 0.717) is 28.6 Å². The van der Waals surface area contributed by atoms with Gasteiger partial charge in [0.2, 0.25) is 5.13 Å². The second kappa shape index (κ2) is 14.0. The number of carboxylic acids is 1. The summed E-state index contributed by atoms with van der Waals surface area (Å²) in [4.78, 5) is 29.3. The zero-order valence-electron chi connectivity index (χ0n) is 17.2. The van der Waals surface area contributed by atoms with Gasteiger partial charge in [-0.3, -0.25) is 4.79 Å². The number of carbonyl (C=O) groups excluding carboxylic acids is 1. The number of carboxylic acid groups (broad SMARTS) is 1. The molecule has 0 aliphatic carbocycles. The first-order valence-electron chi connectivity index (χ1n) is 8.95. The number of aliphatic carboxylic acids is 1. The number of aliphatic imine (C=N–C) groups is 1. The summed E-state index contributed by atoms with van der Waals surface area (Å²) < 4.78 is 24.5. The van der Waals surface area contributed by atoms with Crippen molar-refractivity contribution in [1.82, 2.24) is 4.98 Å². The molecule has 0 bridgehead atoms. The Morgan fingerprint density at radius 1 is 1.15 bits per heavy atom. The minimum Gasteiger partial charge on any atom is -0.478 e. The number of nitrogens with zero attached hydrogens (tertiary/aromatic N) is 3. The Morgan fingerprint density at radius 3 is 2.39 bits per heavy atom. The van der Waals surface area contributed by atoms with Gasteiger partial charge in [-0.1, -0.05) is 30.3 Å². The Hall–Kier alpha value is -3.27. The number of amidine groups is 1. The number of thiazole rings is 1. The van der Waals surface area contributed by atoms with E-state index < -0.39 is 16.2 Å². The fourth-order valence-corrected chi connectivity index (χ4v) is 4.02. The number of nitrogens with two attached hydrogens (primary N) is 4. The van der Waals surface area contributed by atoms with Crippen LogP contribution in [0.2, 0.25) is 0 Å². The predicted octanol–water partition coefficient (Wildman–Crippen LogP) is 0.742. The Labute approximate surface area is 198 Å². The Kier molecular flexibility index (Phi) is 11.8. The molecule has 0 unspecified atom stereocenters. The van der Waals surface area contributed by atoms with Gasteiger partial charge < -0.3 is 22.3 Å². The first kappa shape index (κ1) is 27.8. The molecule has 2 aromatic rings. The number of hydrogen-bond acceptors (Lipinski definition) is 8. The summed E-state index contributed by atoms with van der Waals surface area (Å²) in [5.41, 5.74) is 17.2. The summed E-state index contributed by atoms with van der Waals surface area (Å²) in [6.07, 6.45) is 2.19. The van der Waals surface area contributed by atoms with Gasteiger partial charge in [-0.25, -0.2) is 14.9 Å². The van der Waals surface area contributed by atoms with Crippen molar-refractivity contribution in [3.8, 4) is 0 Å². The van der Waals surface area contributed by atoms with Crippen LogP contribution in [0.25, 0.3) is 0 Å². The van der Waals surface area contributed by atoms with Crippen LogP contribution in [0, 0.1) is 0 Å². The van der Waals surface area contributed by atoms with Crippen molar-refractivity contribution in [1.29, 1.82) is 0 Å². The van der Waals surface area contributed by atoms with E-state index in [-0.39, 0.29) is 17.6 Å². The number of rotatable bonds is 10. The van der Waals surface area contributed by atoms with Crippen molar-refractivity contribution in [3.63, 3.8) is 0 Å². The van der Waals surface area contributed by atoms with E-state index in [0.717, 1.165) is 17.8 Å². The first-order valence-corrected chi connectivity index (χ1v) is 12.5. The minimum atomic E-state index is -3.92. The van der Waals surface area contributed by atoms with E-state index in [2.05, 4.69) is 14.4 Å². The van der Waals surface area contributed by atoms with Gasteiger partial charge in [0.15, 0.2) is 11.7 Å². The molecule has 2 rings (SSSR count). The van der Waals surface area contributed by atoms with Crippen LogP contribution >= 0.6 is 23.1 Å². The maximum atomic E-state index is 11.2. The molecule has 178 valence electrons. The van der Waals surface area contributed by atoms with Crippen LogP contribution in [0.4, 0.5) is 5.13 Å². The van der Waals surface area contributed by atoms with Crippen LogP contribution in [0.1, 0.15) is 22.5 Å². The smallest absolute Gasteiger partial charge is 0.328 e.